The molecule has 1 N–H and O–H groups in total. The van der Waals surface area contributed by atoms with Gasteiger partial charge in [0.15, 0.2) is 0 Å². The molecule has 0 radical (unpaired) electrons. The first-order chi connectivity index (χ1) is 7.40. The van der Waals surface area contributed by atoms with Crippen LogP contribution in [-0.4, -0.2) is 49.3 Å². The maximum absolute atomic E-state index is 10.9. The van der Waals surface area contributed by atoms with E-state index in [0.717, 1.165) is 32.7 Å². The van der Waals surface area contributed by atoms with Crippen LogP contribution in [0.5, 0.6) is 0 Å². The van der Waals surface area contributed by atoms with Crippen molar-refractivity contribution in [2.24, 2.45) is 5.41 Å². The van der Waals surface area contributed by atoms with Crippen molar-refractivity contribution in [2.45, 2.75) is 33.6 Å². The van der Waals surface area contributed by atoms with Gasteiger partial charge in [0, 0.05) is 13.2 Å². The standard InChI is InChI=1S/C12H25NO3/c1-5-16-10-9-13(4)8-6-7-12(2,3)11(14)15/h5-10H2,1-4H3,(H,14,15). The average molecular weight is 231 g/mol. The number of ether oxygens (including phenoxy) is 1. The Bertz CT molecular complexity index is 204. The summed E-state index contributed by atoms with van der Waals surface area (Å²) >= 11 is 0. The van der Waals surface area contributed by atoms with Crippen LogP contribution in [0.1, 0.15) is 33.6 Å². The maximum Gasteiger partial charge on any atom is 0.309 e. The molecule has 0 amide bonds. The van der Waals surface area contributed by atoms with Crippen molar-refractivity contribution in [1.82, 2.24) is 4.90 Å². The van der Waals surface area contributed by atoms with Gasteiger partial charge < -0.3 is 14.7 Å². The third kappa shape index (κ3) is 6.80. The molecule has 0 saturated heterocycles. The van der Waals surface area contributed by atoms with Crippen LogP contribution in [0.3, 0.4) is 0 Å². The third-order valence-electron chi connectivity index (χ3n) is 2.74. The number of carboxylic acids is 1. The lowest BCUT2D eigenvalue weighted by atomic mass is 9.88. The minimum atomic E-state index is -0.718. The fourth-order valence-corrected chi connectivity index (χ4v) is 1.37. The molecule has 0 heterocycles. The molecule has 0 aliphatic heterocycles. The summed E-state index contributed by atoms with van der Waals surface area (Å²) in [4.78, 5) is 13.0. The van der Waals surface area contributed by atoms with Crippen LogP contribution in [-0.2, 0) is 9.53 Å². The van der Waals surface area contributed by atoms with E-state index in [-0.39, 0.29) is 0 Å². The smallest absolute Gasteiger partial charge is 0.309 e. The summed E-state index contributed by atoms with van der Waals surface area (Å²) in [5.41, 5.74) is -0.610. The Labute approximate surface area is 98.6 Å². The molecule has 0 bridgehead atoms. The van der Waals surface area contributed by atoms with E-state index in [0.29, 0.717) is 6.42 Å². The summed E-state index contributed by atoms with van der Waals surface area (Å²) < 4.78 is 5.25. The lowest BCUT2D eigenvalue weighted by Gasteiger charge is -2.21. The van der Waals surface area contributed by atoms with Gasteiger partial charge in [-0.25, -0.2) is 0 Å². The molecule has 0 fully saturated rings. The molecular weight excluding hydrogens is 206 g/mol. The van der Waals surface area contributed by atoms with Crippen LogP contribution in [0.4, 0.5) is 0 Å². The van der Waals surface area contributed by atoms with Gasteiger partial charge in [-0.3, -0.25) is 4.79 Å². The molecule has 0 atom stereocenters. The van der Waals surface area contributed by atoms with E-state index >= 15 is 0 Å². The van der Waals surface area contributed by atoms with Crippen molar-refractivity contribution in [3.63, 3.8) is 0 Å². The van der Waals surface area contributed by atoms with E-state index in [4.69, 9.17) is 9.84 Å². The second-order valence-electron chi connectivity index (χ2n) is 4.79. The van der Waals surface area contributed by atoms with Crippen molar-refractivity contribution in [1.29, 1.82) is 0 Å². The van der Waals surface area contributed by atoms with Crippen LogP contribution >= 0.6 is 0 Å². The average Bonchev–Trinajstić information content (AvgIpc) is 2.17. The lowest BCUT2D eigenvalue weighted by Crippen LogP contribution is -2.28. The first kappa shape index (κ1) is 15.4. The van der Waals surface area contributed by atoms with E-state index in [1.807, 2.05) is 14.0 Å². The van der Waals surface area contributed by atoms with Crippen LogP contribution in [0, 0.1) is 5.41 Å². The molecule has 0 spiro atoms. The zero-order chi connectivity index (χ0) is 12.6. The fourth-order valence-electron chi connectivity index (χ4n) is 1.37. The van der Waals surface area contributed by atoms with Crippen molar-refractivity contribution in [3.8, 4) is 0 Å². The summed E-state index contributed by atoms with van der Waals surface area (Å²) in [6.45, 7) is 8.85. The molecule has 0 aromatic carbocycles. The van der Waals surface area contributed by atoms with E-state index in [1.165, 1.54) is 0 Å². The SMILES string of the molecule is CCOCCN(C)CCCC(C)(C)C(=O)O. The zero-order valence-electron chi connectivity index (χ0n) is 11.0. The summed E-state index contributed by atoms with van der Waals surface area (Å²) in [6.07, 6.45) is 1.61. The van der Waals surface area contributed by atoms with Crippen molar-refractivity contribution >= 4 is 5.97 Å². The number of carbonyl (C=O) groups is 1. The number of likely N-dealkylation sites (N-methyl/N-ethyl adjacent to an activating group) is 1. The van der Waals surface area contributed by atoms with E-state index in [2.05, 4.69) is 4.90 Å². The van der Waals surface area contributed by atoms with Crippen molar-refractivity contribution < 1.29 is 14.6 Å². The van der Waals surface area contributed by atoms with Gasteiger partial charge in [-0.15, -0.1) is 0 Å². The highest BCUT2D eigenvalue weighted by Crippen LogP contribution is 2.22. The first-order valence-electron chi connectivity index (χ1n) is 5.90. The van der Waals surface area contributed by atoms with E-state index in [9.17, 15) is 4.79 Å². The zero-order valence-corrected chi connectivity index (χ0v) is 11.0. The topological polar surface area (TPSA) is 49.8 Å². The molecule has 0 aromatic rings. The third-order valence-corrected chi connectivity index (χ3v) is 2.74. The highest BCUT2D eigenvalue weighted by Gasteiger charge is 2.26. The summed E-state index contributed by atoms with van der Waals surface area (Å²) in [7, 11) is 2.03. The molecule has 0 aromatic heterocycles. The Morgan fingerprint density at radius 3 is 2.50 bits per heavy atom. The monoisotopic (exact) mass is 231 g/mol. The number of hydrogen-bond donors (Lipinski definition) is 1. The second-order valence-corrected chi connectivity index (χ2v) is 4.79. The van der Waals surface area contributed by atoms with E-state index in [1.54, 1.807) is 13.8 Å². The first-order valence-corrected chi connectivity index (χ1v) is 5.90. The lowest BCUT2D eigenvalue weighted by molar-refractivity contribution is -0.147. The van der Waals surface area contributed by atoms with Gasteiger partial charge in [-0.05, 0) is 47.2 Å². The molecule has 0 unspecified atom stereocenters. The molecule has 16 heavy (non-hydrogen) atoms. The molecule has 4 nitrogen and oxygen atoms in total. The minimum absolute atomic E-state index is 0.610. The van der Waals surface area contributed by atoms with Gasteiger partial charge in [0.25, 0.3) is 0 Å². The fraction of sp³-hybridized carbons (Fsp3) is 0.917. The summed E-state index contributed by atoms with van der Waals surface area (Å²) in [5.74, 6) is -0.718. The second kappa shape index (κ2) is 7.63. The predicted octanol–water partition coefficient (Wildman–Crippen LogP) is 1.85. The molecule has 4 heteroatoms. The Morgan fingerprint density at radius 2 is 2.00 bits per heavy atom. The van der Waals surface area contributed by atoms with Crippen LogP contribution < -0.4 is 0 Å². The Kier molecular flexibility index (Phi) is 7.34. The van der Waals surface area contributed by atoms with Gasteiger partial charge in [-0.1, -0.05) is 0 Å². The van der Waals surface area contributed by atoms with Crippen molar-refractivity contribution in [3.05, 3.63) is 0 Å². The number of rotatable bonds is 9. The number of hydrogen-bond acceptors (Lipinski definition) is 3. The quantitative estimate of drug-likeness (QED) is 0.615. The summed E-state index contributed by atoms with van der Waals surface area (Å²) in [6, 6.07) is 0. The van der Waals surface area contributed by atoms with Crippen LogP contribution in [0.25, 0.3) is 0 Å². The Balaban J connectivity index is 3.61. The maximum atomic E-state index is 10.9. The van der Waals surface area contributed by atoms with E-state index < -0.39 is 11.4 Å². The van der Waals surface area contributed by atoms with Crippen molar-refractivity contribution in [2.75, 3.05) is 33.4 Å². The number of aliphatic carboxylic acids is 1. The highest BCUT2D eigenvalue weighted by molar-refractivity contribution is 5.73. The minimum Gasteiger partial charge on any atom is -0.481 e. The normalized spacial score (nSPS) is 12.1. The molecule has 96 valence electrons. The van der Waals surface area contributed by atoms with Gasteiger partial charge in [-0.2, -0.15) is 0 Å². The molecule has 0 aliphatic rings. The van der Waals surface area contributed by atoms with Gasteiger partial charge in [0.1, 0.15) is 0 Å². The molecule has 0 rings (SSSR count). The Morgan fingerprint density at radius 1 is 1.38 bits per heavy atom. The van der Waals surface area contributed by atoms with Gasteiger partial charge in [0.2, 0.25) is 0 Å². The Hall–Kier alpha value is -0.610. The number of carboxylic acid groups (broad SMARTS) is 1. The molecule has 0 saturated carbocycles. The molecular formula is C12H25NO3. The van der Waals surface area contributed by atoms with Crippen LogP contribution in [0.2, 0.25) is 0 Å². The highest BCUT2D eigenvalue weighted by atomic mass is 16.5. The van der Waals surface area contributed by atoms with Gasteiger partial charge in [0.05, 0.1) is 12.0 Å². The summed E-state index contributed by atoms with van der Waals surface area (Å²) in [5, 5.41) is 8.95. The predicted molar refractivity (Wildman–Crippen MR) is 64.6 cm³/mol. The number of nitrogens with zero attached hydrogens (tertiary/aromatic N) is 1. The van der Waals surface area contributed by atoms with Gasteiger partial charge >= 0.3 is 5.97 Å². The molecule has 0 aliphatic carbocycles. The largest absolute Gasteiger partial charge is 0.481 e. The van der Waals surface area contributed by atoms with Crippen LogP contribution in [0.15, 0.2) is 0 Å².